The van der Waals surface area contributed by atoms with E-state index in [9.17, 15) is 27.9 Å². The minimum atomic E-state index is -4.63. The van der Waals surface area contributed by atoms with Crippen LogP contribution in [0, 0.1) is 0 Å². The van der Waals surface area contributed by atoms with Crippen LogP contribution in [0.15, 0.2) is 18.2 Å². The quantitative estimate of drug-likeness (QED) is 0.777. The molecule has 1 aromatic carbocycles. The summed E-state index contributed by atoms with van der Waals surface area (Å²) in [6, 6.07) is 0.719. The topological polar surface area (TPSA) is 95.9 Å². The van der Waals surface area contributed by atoms with Crippen LogP contribution in [0.1, 0.15) is 31.9 Å². The molecule has 1 amide bonds. The number of amides is 1. The largest absolute Gasteiger partial charge is 0.508 e. The van der Waals surface area contributed by atoms with Crippen molar-refractivity contribution in [2.75, 3.05) is 0 Å². The Kier molecular flexibility index (Phi) is 5.70. The van der Waals surface area contributed by atoms with Crippen molar-refractivity contribution < 1.29 is 37.7 Å². The molecule has 9 heteroatoms. The van der Waals surface area contributed by atoms with Gasteiger partial charge in [-0.3, -0.25) is 0 Å². The minimum absolute atomic E-state index is 0.0496. The number of rotatable bonds is 4. The normalized spacial score (nSPS) is 13.2. The number of alkyl halides is 3. The van der Waals surface area contributed by atoms with Crippen molar-refractivity contribution in [2.24, 2.45) is 0 Å². The lowest BCUT2D eigenvalue weighted by atomic mass is 10.0. The van der Waals surface area contributed by atoms with E-state index in [0.717, 1.165) is 12.1 Å². The first-order chi connectivity index (χ1) is 10.8. The Bertz CT molecular complexity index is 623. The molecule has 0 aliphatic carbocycles. The number of carboxylic acids is 1. The molecule has 0 spiro atoms. The molecule has 0 aliphatic heterocycles. The van der Waals surface area contributed by atoms with E-state index in [1.807, 2.05) is 0 Å². The highest BCUT2D eigenvalue weighted by atomic mass is 19.4. The summed E-state index contributed by atoms with van der Waals surface area (Å²) < 4.78 is 42.5. The van der Waals surface area contributed by atoms with E-state index in [1.165, 1.54) is 0 Å². The van der Waals surface area contributed by atoms with Crippen LogP contribution in [0.4, 0.5) is 18.0 Å². The number of carbonyl (C=O) groups is 2. The van der Waals surface area contributed by atoms with Crippen LogP contribution in [0.2, 0.25) is 0 Å². The zero-order valence-corrected chi connectivity index (χ0v) is 13.3. The van der Waals surface area contributed by atoms with Crippen LogP contribution in [-0.4, -0.2) is 33.9 Å². The summed E-state index contributed by atoms with van der Waals surface area (Å²) in [6.07, 6.45) is -6.02. The Morgan fingerprint density at radius 2 is 1.83 bits per heavy atom. The molecular weight excluding hydrogens is 331 g/mol. The monoisotopic (exact) mass is 349 g/mol. The second-order valence-electron chi connectivity index (χ2n) is 6.08. The lowest BCUT2D eigenvalue weighted by Gasteiger charge is -2.22. The number of aromatic hydroxyl groups is 1. The molecule has 1 rings (SSSR count). The van der Waals surface area contributed by atoms with Crippen molar-refractivity contribution in [3.05, 3.63) is 29.3 Å². The standard InChI is InChI=1S/C15H18F3NO5/c1-14(2,3)24-13(23)19-10(12(21)22)6-8-4-5-9(7-11(8)20)15(16,17)18/h4-5,7,10,20H,6H2,1-3H3,(H,19,23)(H,21,22). The average molecular weight is 349 g/mol. The van der Waals surface area contributed by atoms with Gasteiger partial charge in [0.1, 0.15) is 17.4 Å². The van der Waals surface area contributed by atoms with Crippen LogP contribution in [-0.2, 0) is 22.1 Å². The number of carbonyl (C=O) groups excluding carboxylic acids is 1. The van der Waals surface area contributed by atoms with E-state index in [1.54, 1.807) is 20.8 Å². The Morgan fingerprint density at radius 3 is 2.25 bits per heavy atom. The Hall–Kier alpha value is -2.45. The molecule has 0 saturated heterocycles. The van der Waals surface area contributed by atoms with Crippen LogP contribution >= 0.6 is 0 Å². The number of hydrogen-bond acceptors (Lipinski definition) is 4. The molecule has 0 bridgehead atoms. The van der Waals surface area contributed by atoms with Gasteiger partial charge in [-0.1, -0.05) is 6.07 Å². The first-order valence-corrected chi connectivity index (χ1v) is 6.91. The second-order valence-corrected chi connectivity index (χ2v) is 6.08. The van der Waals surface area contributed by atoms with Crippen LogP contribution in [0.5, 0.6) is 5.75 Å². The molecule has 3 N–H and O–H groups in total. The summed E-state index contributed by atoms with van der Waals surface area (Å²) >= 11 is 0. The summed E-state index contributed by atoms with van der Waals surface area (Å²) in [5, 5.41) is 20.9. The number of ether oxygens (including phenoxy) is 1. The SMILES string of the molecule is CC(C)(C)OC(=O)NC(Cc1ccc(C(F)(F)F)cc1O)C(=O)O. The van der Waals surface area contributed by atoms with Crippen LogP contribution < -0.4 is 5.32 Å². The van der Waals surface area contributed by atoms with Crippen molar-refractivity contribution in [3.8, 4) is 5.75 Å². The van der Waals surface area contributed by atoms with Crippen LogP contribution in [0.25, 0.3) is 0 Å². The molecule has 0 radical (unpaired) electrons. The van der Waals surface area contributed by atoms with Gasteiger partial charge in [0.15, 0.2) is 0 Å². The second kappa shape index (κ2) is 6.98. The summed E-state index contributed by atoms with van der Waals surface area (Å²) in [5.74, 6) is -2.12. The smallest absolute Gasteiger partial charge is 0.416 e. The Morgan fingerprint density at radius 1 is 1.25 bits per heavy atom. The van der Waals surface area contributed by atoms with Gasteiger partial charge >= 0.3 is 18.2 Å². The summed E-state index contributed by atoms with van der Waals surface area (Å²) in [5.41, 5.74) is -1.95. The van der Waals surface area contributed by atoms with Crippen molar-refractivity contribution in [2.45, 2.75) is 45.0 Å². The molecule has 0 heterocycles. The fourth-order valence-electron chi connectivity index (χ4n) is 1.78. The van der Waals surface area contributed by atoms with E-state index in [4.69, 9.17) is 9.84 Å². The highest BCUT2D eigenvalue weighted by Crippen LogP contribution is 2.33. The fourth-order valence-corrected chi connectivity index (χ4v) is 1.78. The maximum absolute atomic E-state index is 12.5. The van der Waals surface area contributed by atoms with Gasteiger partial charge in [0.05, 0.1) is 5.56 Å². The molecule has 1 unspecified atom stereocenters. The molecule has 1 aromatic rings. The van der Waals surface area contributed by atoms with E-state index < -0.39 is 47.6 Å². The van der Waals surface area contributed by atoms with Gasteiger partial charge < -0.3 is 20.3 Å². The highest BCUT2D eigenvalue weighted by Gasteiger charge is 2.32. The average Bonchev–Trinajstić information content (AvgIpc) is 2.36. The molecule has 0 saturated carbocycles. The molecule has 1 atom stereocenters. The van der Waals surface area contributed by atoms with Gasteiger partial charge in [0, 0.05) is 6.42 Å². The first kappa shape index (κ1) is 19.6. The molecule has 24 heavy (non-hydrogen) atoms. The molecule has 6 nitrogen and oxygen atoms in total. The molecule has 0 aromatic heterocycles. The van der Waals surface area contributed by atoms with Gasteiger partial charge in [-0.2, -0.15) is 13.2 Å². The number of aliphatic carboxylic acids is 1. The predicted octanol–water partition coefficient (Wildman–Crippen LogP) is 2.93. The van der Waals surface area contributed by atoms with Gasteiger partial charge in [-0.15, -0.1) is 0 Å². The third kappa shape index (κ3) is 5.98. The Balaban J connectivity index is 2.90. The van der Waals surface area contributed by atoms with Gasteiger partial charge in [-0.25, -0.2) is 9.59 Å². The number of benzene rings is 1. The Labute approximate surface area is 136 Å². The highest BCUT2D eigenvalue weighted by molar-refractivity contribution is 5.80. The lowest BCUT2D eigenvalue weighted by Crippen LogP contribution is -2.44. The molecular formula is C15H18F3NO5. The summed E-state index contributed by atoms with van der Waals surface area (Å²) in [7, 11) is 0. The number of phenols is 1. The van der Waals surface area contributed by atoms with E-state index in [2.05, 4.69) is 5.32 Å². The molecule has 134 valence electrons. The zero-order valence-electron chi connectivity index (χ0n) is 13.3. The van der Waals surface area contributed by atoms with E-state index >= 15 is 0 Å². The zero-order chi connectivity index (χ0) is 18.7. The molecule has 0 aliphatic rings. The van der Waals surface area contributed by atoms with E-state index in [0.29, 0.717) is 6.07 Å². The lowest BCUT2D eigenvalue weighted by molar-refractivity contribution is -0.140. The molecule has 0 fully saturated rings. The van der Waals surface area contributed by atoms with Crippen molar-refractivity contribution in [1.82, 2.24) is 5.32 Å². The summed E-state index contributed by atoms with van der Waals surface area (Å²) in [6.45, 7) is 4.76. The number of alkyl carbamates (subject to hydrolysis) is 1. The number of carboxylic acid groups (broad SMARTS) is 1. The number of phenolic OH excluding ortho intramolecular Hbond substituents is 1. The maximum Gasteiger partial charge on any atom is 0.416 e. The van der Waals surface area contributed by atoms with Crippen molar-refractivity contribution in [3.63, 3.8) is 0 Å². The van der Waals surface area contributed by atoms with E-state index in [-0.39, 0.29) is 5.56 Å². The van der Waals surface area contributed by atoms with Crippen LogP contribution in [0.3, 0.4) is 0 Å². The predicted molar refractivity (Wildman–Crippen MR) is 77.6 cm³/mol. The summed E-state index contributed by atoms with van der Waals surface area (Å²) in [4.78, 5) is 22.8. The third-order valence-electron chi connectivity index (χ3n) is 2.83. The van der Waals surface area contributed by atoms with Gasteiger partial charge in [0.25, 0.3) is 0 Å². The first-order valence-electron chi connectivity index (χ1n) is 6.91. The van der Waals surface area contributed by atoms with Gasteiger partial charge in [-0.05, 0) is 38.5 Å². The fraction of sp³-hybridized carbons (Fsp3) is 0.467. The van der Waals surface area contributed by atoms with Crippen molar-refractivity contribution >= 4 is 12.1 Å². The number of halogens is 3. The number of nitrogens with one attached hydrogen (secondary N) is 1. The van der Waals surface area contributed by atoms with Gasteiger partial charge in [0.2, 0.25) is 0 Å². The minimum Gasteiger partial charge on any atom is -0.508 e. The number of hydrogen-bond donors (Lipinski definition) is 3. The van der Waals surface area contributed by atoms with Crippen molar-refractivity contribution in [1.29, 1.82) is 0 Å². The third-order valence-corrected chi connectivity index (χ3v) is 2.83. The maximum atomic E-state index is 12.5.